The van der Waals surface area contributed by atoms with Gasteiger partial charge in [-0.1, -0.05) is 0 Å². The second kappa shape index (κ2) is 5.04. The standard InChI is InChI=1S/C14H16O3/c1-10-6-8-12(16-10)4-3-5-13(15)14-9-7-11(2)17-14/h6-9H,3-5H2,1-2H3. The molecule has 0 saturated carbocycles. The summed E-state index contributed by atoms with van der Waals surface area (Å²) in [6.07, 6.45) is 2.07. The zero-order valence-electron chi connectivity index (χ0n) is 10.2. The molecule has 2 aromatic heterocycles. The van der Waals surface area contributed by atoms with Crippen molar-refractivity contribution >= 4 is 5.78 Å². The molecule has 0 spiro atoms. The van der Waals surface area contributed by atoms with Crippen molar-refractivity contribution in [3.05, 3.63) is 47.3 Å². The van der Waals surface area contributed by atoms with Gasteiger partial charge < -0.3 is 8.83 Å². The van der Waals surface area contributed by atoms with Gasteiger partial charge in [0.25, 0.3) is 0 Å². The number of hydrogen-bond acceptors (Lipinski definition) is 3. The second-order valence-corrected chi connectivity index (χ2v) is 4.20. The second-order valence-electron chi connectivity index (χ2n) is 4.20. The maximum absolute atomic E-state index is 11.7. The van der Waals surface area contributed by atoms with Crippen LogP contribution in [0, 0.1) is 13.8 Å². The van der Waals surface area contributed by atoms with Crippen LogP contribution in [0.5, 0.6) is 0 Å². The molecule has 0 aliphatic heterocycles. The van der Waals surface area contributed by atoms with E-state index in [2.05, 4.69) is 0 Å². The maximum Gasteiger partial charge on any atom is 0.198 e. The highest BCUT2D eigenvalue weighted by Gasteiger charge is 2.10. The summed E-state index contributed by atoms with van der Waals surface area (Å²) in [7, 11) is 0. The molecule has 0 amide bonds. The molecule has 0 saturated heterocycles. The third-order valence-electron chi connectivity index (χ3n) is 2.64. The zero-order chi connectivity index (χ0) is 12.3. The minimum Gasteiger partial charge on any atom is -0.466 e. The van der Waals surface area contributed by atoms with Gasteiger partial charge in [0, 0.05) is 12.8 Å². The average Bonchev–Trinajstić information content (AvgIpc) is 2.88. The van der Waals surface area contributed by atoms with Crippen molar-refractivity contribution in [3.63, 3.8) is 0 Å². The molecule has 0 aromatic carbocycles. The van der Waals surface area contributed by atoms with Crippen LogP contribution in [0.1, 0.15) is 40.7 Å². The monoisotopic (exact) mass is 232 g/mol. The Bertz CT molecular complexity index is 505. The number of carbonyl (C=O) groups excluding carboxylic acids is 1. The van der Waals surface area contributed by atoms with Gasteiger partial charge in [-0.2, -0.15) is 0 Å². The first-order valence-electron chi connectivity index (χ1n) is 5.80. The Labute approximate surface area is 100 Å². The zero-order valence-corrected chi connectivity index (χ0v) is 10.2. The molecule has 0 aliphatic carbocycles. The molecule has 0 N–H and O–H groups in total. The number of rotatable bonds is 5. The Kier molecular flexibility index (Phi) is 3.47. The summed E-state index contributed by atoms with van der Waals surface area (Å²) in [5.74, 6) is 3.13. The minimum absolute atomic E-state index is 0.0568. The van der Waals surface area contributed by atoms with Gasteiger partial charge in [-0.25, -0.2) is 0 Å². The molecule has 90 valence electrons. The minimum atomic E-state index is 0.0568. The fourth-order valence-electron chi connectivity index (χ4n) is 1.75. The number of Topliss-reactive ketones (excluding diaryl/α,β-unsaturated/α-hetero) is 1. The fraction of sp³-hybridized carbons (Fsp3) is 0.357. The van der Waals surface area contributed by atoms with E-state index in [1.807, 2.05) is 32.0 Å². The van der Waals surface area contributed by atoms with Crippen LogP contribution in [0.2, 0.25) is 0 Å². The molecule has 3 nitrogen and oxygen atoms in total. The van der Waals surface area contributed by atoms with Crippen molar-refractivity contribution in [1.82, 2.24) is 0 Å². The maximum atomic E-state index is 11.7. The number of carbonyl (C=O) groups is 1. The van der Waals surface area contributed by atoms with Crippen LogP contribution in [0.3, 0.4) is 0 Å². The van der Waals surface area contributed by atoms with Gasteiger partial charge in [0.05, 0.1) is 0 Å². The molecule has 0 fully saturated rings. The summed E-state index contributed by atoms with van der Waals surface area (Å²) in [4.78, 5) is 11.7. The van der Waals surface area contributed by atoms with E-state index in [1.54, 1.807) is 6.07 Å². The topological polar surface area (TPSA) is 43.4 Å². The molecular weight excluding hydrogens is 216 g/mol. The van der Waals surface area contributed by atoms with Gasteiger partial charge in [0.2, 0.25) is 0 Å². The molecule has 0 unspecified atom stereocenters. The first-order valence-corrected chi connectivity index (χ1v) is 5.80. The van der Waals surface area contributed by atoms with Crippen LogP contribution in [0.25, 0.3) is 0 Å². The third-order valence-corrected chi connectivity index (χ3v) is 2.64. The summed E-state index contributed by atoms with van der Waals surface area (Å²) in [6, 6.07) is 7.43. The molecule has 17 heavy (non-hydrogen) atoms. The normalized spacial score (nSPS) is 10.7. The van der Waals surface area contributed by atoms with Crippen molar-refractivity contribution < 1.29 is 13.6 Å². The predicted molar refractivity (Wildman–Crippen MR) is 64.2 cm³/mol. The highest BCUT2D eigenvalue weighted by atomic mass is 16.3. The van der Waals surface area contributed by atoms with E-state index in [4.69, 9.17) is 8.83 Å². The Balaban J connectivity index is 1.81. The summed E-state index contributed by atoms with van der Waals surface area (Å²) in [5.41, 5.74) is 0. The Morgan fingerprint density at radius 2 is 1.76 bits per heavy atom. The molecule has 3 heteroatoms. The first-order chi connectivity index (χ1) is 8.15. The average molecular weight is 232 g/mol. The van der Waals surface area contributed by atoms with Gasteiger partial charge >= 0.3 is 0 Å². The first kappa shape index (κ1) is 11.7. The van der Waals surface area contributed by atoms with Gasteiger partial charge in [-0.15, -0.1) is 0 Å². The van der Waals surface area contributed by atoms with E-state index in [0.29, 0.717) is 12.2 Å². The predicted octanol–water partition coefficient (Wildman–Crippen LogP) is 3.70. The molecular formula is C14H16O3. The van der Waals surface area contributed by atoms with Gasteiger partial charge in [-0.05, 0) is 44.5 Å². The lowest BCUT2D eigenvalue weighted by Crippen LogP contribution is -1.97. The Hall–Kier alpha value is -1.77. The molecule has 0 bridgehead atoms. The molecule has 0 aliphatic rings. The van der Waals surface area contributed by atoms with Crippen LogP contribution < -0.4 is 0 Å². The summed E-state index contributed by atoms with van der Waals surface area (Å²) < 4.78 is 10.7. The summed E-state index contributed by atoms with van der Waals surface area (Å²) in [6.45, 7) is 3.75. The number of hydrogen-bond donors (Lipinski definition) is 0. The SMILES string of the molecule is Cc1ccc(CCCC(=O)c2ccc(C)o2)o1. The van der Waals surface area contributed by atoms with E-state index in [1.165, 1.54) is 0 Å². The van der Waals surface area contributed by atoms with Crippen molar-refractivity contribution in [2.24, 2.45) is 0 Å². The van der Waals surface area contributed by atoms with Crippen molar-refractivity contribution in [3.8, 4) is 0 Å². The molecule has 2 aromatic rings. The Morgan fingerprint density at radius 1 is 1.06 bits per heavy atom. The molecule has 0 radical (unpaired) electrons. The number of aryl methyl sites for hydroxylation is 3. The van der Waals surface area contributed by atoms with Crippen LogP contribution in [0.15, 0.2) is 33.1 Å². The molecule has 2 rings (SSSR count). The largest absolute Gasteiger partial charge is 0.466 e. The van der Waals surface area contributed by atoms with Gasteiger partial charge in [0.15, 0.2) is 11.5 Å². The van der Waals surface area contributed by atoms with Gasteiger partial charge in [-0.3, -0.25) is 4.79 Å². The fourth-order valence-corrected chi connectivity index (χ4v) is 1.75. The number of furan rings is 2. The van der Waals surface area contributed by atoms with E-state index in [9.17, 15) is 4.79 Å². The van der Waals surface area contributed by atoms with Crippen LogP contribution in [0.4, 0.5) is 0 Å². The quantitative estimate of drug-likeness (QED) is 0.738. The van der Waals surface area contributed by atoms with E-state index < -0.39 is 0 Å². The Morgan fingerprint density at radius 3 is 2.35 bits per heavy atom. The van der Waals surface area contributed by atoms with Crippen LogP contribution >= 0.6 is 0 Å². The van der Waals surface area contributed by atoms with E-state index in [-0.39, 0.29) is 5.78 Å². The van der Waals surface area contributed by atoms with E-state index in [0.717, 1.165) is 30.1 Å². The van der Waals surface area contributed by atoms with Crippen molar-refractivity contribution in [2.45, 2.75) is 33.1 Å². The van der Waals surface area contributed by atoms with Crippen LogP contribution in [-0.2, 0) is 6.42 Å². The lowest BCUT2D eigenvalue weighted by atomic mass is 10.1. The molecule has 2 heterocycles. The third kappa shape index (κ3) is 3.09. The van der Waals surface area contributed by atoms with Crippen molar-refractivity contribution in [1.29, 1.82) is 0 Å². The smallest absolute Gasteiger partial charge is 0.198 e. The summed E-state index contributed by atoms with van der Waals surface area (Å²) >= 11 is 0. The molecule has 0 atom stereocenters. The van der Waals surface area contributed by atoms with Crippen molar-refractivity contribution in [2.75, 3.05) is 0 Å². The van der Waals surface area contributed by atoms with E-state index >= 15 is 0 Å². The lowest BCUT2D eigenvalue weighted by Gasteiger charge is -1.97. The highest BCUT2D eigenvalue weighted by Crippen LogP contribution is 2.13. The highest BCUT2D eigenvalue weighted by molar-refractivity contribution is 5.93. The lowest BCUT2D eigenvalue weighted by molar-refractivity contribution is 0.0951. The summed E-state index contributed by atoms with van der Waals surface area (Å²) in [5, 5.41) is 0. The number of ketones is 1. The van der Waals surface area contributed by atoms with Crippen LogP contribution in [-0.4, -0.2) is 5.78 Å². The van der Waals surface area contributed by atoms with Gasteiger partial charge in [0.1, 0.15) is 17.3 Å².